The van der Waals surface area contributed by atoms with Crippen LogP contribution in [0.5, 0.6) is 5.75 Å². The molecule has 0 atom stereocenters. The lowest BCUT2D eigenvalue weighted by molar-refractivity contribution is 0.0954. The molecule has 20 heavy (non-hydrogen) atoms. The van der Waals surface area contributed by atoms with Crippen molar-refractivity contribution in [1.29, 1.82) is 0 Å². The van der Waals surface area contributed by atoms with Crippen molar-refractivity contribution in [3.8, 4) is 5.75 Å². The van der Waals surface area contributed by atoms with Crippen molar-refractivity contribution >= 4 is 17.5 Å². The summed E-state index contributed by atoms with van der Waals surface area (Å²) in [5, 5.41) is 3.50. The quantitative estimate of drug-likeness (QED) is 0.917. The maximum atomic E-state index is 11.9. The molecular weight excluding hydrogens is 274 g/mol. The van der Waals surface area contributed by atoms with Crippen LogP contribution in [0.2, 0.25) is 5.02 Å². The number of hydrogen-bond acceptors (Lipinski definition) is 2. The molecule has 104 valence electrons. The highest BCUT2D eigenvalue weighted by atomic mass is 35.5. The minimum absolute atomic E-state index is 0.0930. The summed E-state index contributed by atoms with van der Waals surface area (Å²) in [5.41, 5.74) is 1.74. The number of hydrogen-bond donors (Lipinski definition) is 1. The van der Waals surface area contributed by atoms with Crippen molar-refractivity contribution in [3.05, 3.63) is 64.7 Å². The Kier molecular flexibility index (Phi) is 5.02. The molecule has 2 rings (SSSR count). The summed E-state index contributed by atoms with van der Waals surface area (Å²) in [6.45, 7) is 0.578. The van der Waals surface area contributed by atoms with E-state index in [-0.39, 0.29) is 5.91 Å². The van der Waals surface area contributed by atoms with Gasteiger partial charge in [0.05, 0.1) is 7.11 Å². The van der Waals surface area contributed by atoms with Crippen LogP contribution in [0.1, 0.15) is 15.9 Å². The van der Waals surface area contributed by atoms with Gasteiger partial charge in [0.2, 0.25) is 0 Å². The fraction of sp³-hybridized carbons (Fsp3) is 0.188. The van der Waals surface area contributed by atoms with Crippen LogP contribution in [0.25, 0.3) is 0 Å². The van der Waals surface area contributed by atoms with Gasteiger partial charge in [-0.3, -0.25) is 4.79 Å². The number of amides is 1. The van der Waals surface area contributed by atoms with Gasteiger partial charge < -0.3 is 10.1 Å². The zero-order chi connectivity index (χ0) is 14.4. The Morgan fingerprint density at radius 1 is 1.20 bits per heavy atom. The maximum absolute atomic E-state index is 11.9. The molecule has 0 aromatic heterocycles. The van der Waals surface area contributed by atoms with E-state index in [2.05, 4.69) is 5.32 Å². The van der Waals surface area contributed by atoms with Crippen LogP contribution in [0, 0.1) is 0 Å². The molecule has 0 bridgehead atoms. The molecule has 3 nitrogen and oxygen atoms in total. The summed E-state index contributed by atoms with van der Waals surface area (Å²) in [7, 11) is 1.64. The summed E-state index contributed by atoms with van der Waals surface area (Å²) >= 11 is 5.79. The Morgan fingerprint density at radius 3 is 2.65 bits per heavy atom. The second-order valence-electron chi connectivity index (χ2n) is 4.36. The minimum Gasteiger partial charge on any atom is -0.497 e. The molecule has 0 heterocycles. The first-order valence-electron chi connectivity index (χ1n) is 6.36. The van der Waals surface area contributed by atoms with E-state index < -0.39 is 0 Å². The highest BCUT2D eigenvalue weighted by molar-refractivity contribution is 6.30. The van der Waals surface area contributed by atoms with Crippen molar-refractivity contribution in [2.45, 2.75) is 6.42 Å². The Bertz CT molecular complexity index is 581. The lowest BCUT2D eigenvalue weighted by Gasteiger charge is -2.07. The number of methoxy groups -OCH3 is 1. The largest absolute Gasteiger partial charge is 0.497 e. The first kappa shape index (κ1) is 14.4. The molecule has 2 aromatic rings. The van der Waals surface area contributed by atoms with E-state index in [0.717, 1.165) is 17.7 Å². The molecule has 4 heteroatoms. The third kappa shape index (κ3) is 4.00. The molecule has 0 unspecified atom stereocenters. The second kappa shape index (κ2) is 6.96. The van der Waals surface area contributed by atoms with Crippen molar-refractivity contribution in [2.75, 3.05) is 13.7 Å². The van der Waals surface area contributed by atoms with Crippen molar-refractivity contribution in [2.24, 2.45) is 0 Å². The molecule has 0 aliphatic rings. The predicted octanol–water partition coefficient (Wildman–Crippen LogP) is 3.32. The summed E-state index contributed by atoms with van der Waals surface area (Å²) < 4.78 is 5.16. The third-order valence-corrected chi connectivity index (χ3v) is 3.19. The van der Waals surface area contributed by atoms with Gasteiger partial charge in [0.25, 0.3) is 5.91 Å². The number of nitrogens with one attached hydrogen (secondary N) is 1. The Labute approximate surface area is 123 Å². The van der Waals surface area contributed by atoms with Crippen molar-refractivity contribution < 1.29 is 9.53 Å². The van der Waals surface area contributed by atoms with Crippen molar-refractivity contribution in [3.63, 3.8) is 0 Å². The monoisotopic (exact) mass is 289 g/mol. The maximum Gasteiger partial charge on any atom is 0.251 e. The van der Waals surface area contributed by atoms with E-state index in [1.165, 1.54) is 0 Å². The molecule has 0 aliphatic carbocycles. The normalized spacial score (nSPS) is 10.1. The van der Waals surface area contributed by atoms with E-state index in [4.69, 9.17) is 16.3 Å². The van der Waals surface area contributed by atoms with Gasteiger partial charge in [-0.25, -0.2) is 0 Å². The summed E-state index contributed by atoms with van der Waals surface area (Å²) in [5.74, 6) is 0.732. The first-order chi connectivity index (χ1) is 9.69. The molecule has 0 spiro atoms. The standard InChI is InChI=1S/C16H16ClNO2/c1-20-15-4-2-3-12(11-15)9-10-18-16(19)13-5-7-14(17)8-6-13/h2-8,11H,9-10H2,1H3,(H,18,19). The van der Waals surface area contributed by atoms with Crippen LogP contribution in [0.3, 0.4) is 0 Å². The first-order valence-corrected chi connectivity index (χ1v) is 6.73. The zero-order valence-electron chi connectivity index (χ0n) is 11.2. The Hall–Kier alpha value is -2.00. The molecule has 0 radical (unpaired) electrons. The van der Waals surface area contributed by atoms with Gasteiger partial charge >= 0.3 is 0 Å². The number of carbonyl (C=O) groups excluding carboxylic acids is 1. The Balaban J connectivity index is 1.86. The number of rotatable bonds is 5. The van der Waals surface area contributed by atoms with Crippen LogP contribution < -0.4 is 10.1 Å². The SMILES string of the molecule is COc1cccc(CCNC(=O)c2ccc(Cl)cc2)c1. The average molecular weight is 290 g/mol. The van der Waals surface area contributed by atoms with Gasteiger partial charge in [0.1, 0.15) is 5.75 Å². The molecular formula is C16H16ClNO2. The van der Waals surface area contributed by atoms with E-state index in [1.54, 1.807) is 31.4 Å². The minimum atomic E-state index is -0.0930. The second-order valence-corrected chi connectivity index (χ2v) is 4.80. The summed E-state index contributed by atoms with van der Waals surface area (Å²) in [4.78, 5) is 11.9. The van der Waals surface area contributed by atoms with Gasteiger partial charge in [-0.05, 0) is 48.4 Å². The predicted molar refractivity (Wildman–Crippen MR) is 80.5 cm³/mol. The lowest BCUT2D eigenvalue weighted by atomic mass is 10.1. The topological polar surface area (TPSA) is 38.3 Å². The lowest BCUT2D eigenvalue weighted by Crippen LogP contribution is -2.25. The fourth-order valence-electron chi connectivity index (χ4n) is 1.85. The van der Waals surface area contributed by atoms with Gasteiger partial charge in [0.15, 0.2) is 0 Å². The van der Waals surface area contributed by atoms with Crippen LogP contribution in [0.4, 0.5) is 0 Å². The zero-order valence-corrected chi connectivity index (χ0v) is 12.0. The van der Waals surface area contributed by atoms with Crippen LogP contribution in [0.15, 0.2) is 48.5 Å². The van der Waals surface area contributed by atoms with Gasteiger partial charge in [-0.2, -0.15) is 0 Å². The molecule has 0 saturated heterocycles. The van der Waals surface area contributed by atoms with E-state index in [9.17, 15) is 4.79 Å². The molecule has 0 fully saturated rings. The van der Waals surface area contributed by atoms with Crippen molar-refractivity contribution in [1.82, 2.24) is 5.32 Å². The molecule has 0 saturated carbocycles. The highest BCUT2D eigenvalue weighted by Gasteiger charge is 2.04. The number of benzene rings is 2. The molecule has 0 aliphatic heterocycles. The average Bonchev–Trinajstić information content (AvgIpc) is 2.48. The summed E-state index contributed by atoms with van der Waals surface area (Å²) in [6, 6.07) is 14.7. The third-order valence-electron chi connectivity index (χ3n) is 2.94. The van der Waals surface area contributed by atoms with Gasteiger partial charge in [0, 0.05) is 17.1 Å². The van der Waals surface area contributed by atoms with Gasteiger partial charge in [-0.15, -0.1) is 0 Å². The van der Waals surface area contributed by atoms with Crippen LogP contribution in [-0.4, -0.2) is 19.6 Å². The number of carbonyl (C=O) groups is 1. The molecule has 1 amide bonds. The summed E-state index contributed by atoms with van der Waals surface area (Å²) in [6.07, 6.45) is 0.760. The molecule has 2 aromatic carbocycles. The van der Waals surface area contributed by atoms with Gasteiger partial charge in [-0.1, -0.05) is 23.7 Å². The smallest absolute Gasteiger partial charge is 0.251 e. The number of ether oxygens (including phenoxy) is 1. The van der Waals surface area contributed by atoms with E-state index in [0.29, 0.717) is 17.1 Å². The number of halogens is 1. The van der Waals surface area contributed by atoms with E-state index >= 15 is 0 Å². The van der Waals surface area contributed by atoms with E-state index in [1.807, 2.05) is 24.3 Å². The fourth-order valence-corrected chi connectivity index (χ4v) is 1.98. The molecule has 1 N–H and O–H groups in total. The van der Waals surface area contributed by atoms with Crippen LogP contribution in [-0.2, 0) is 6.42 Å². The Morgan fingerprint density at radius 2 is 1.95 bits per heavy atom. The van der Waals surface area contributed by atoms with Crippen LogP contribution >= 0.6 is 11.6 Å². The highest BCUT2D eigenvalue weighted by Crippen LogP contribution is 2.13.